The summed E-state index contributed by atoms with van der Waals surface area (Å²) in [5, 5.41) is 3.57. The normalized spacial score (nSPS) is 40.2. The van der Waals surface area contributed by atoms with Crippen LogP contribution in [-0.2, 0) is 0 Å². The summed E-state index contributed by atoms with van der Waals surface area (Å²) in [6.07, 6.45) is 3.84. The summed E-state index contributed by atoms with van der Waals surface area (Å²) < 4.78 is 0. The zero-order valence-electron chi connectivity index (χ0n) is 9.01. The summed E-state index contributed by atoms with van der Waals surface area (Å²) in [5.41, 5.74) is 1.65. The van der Waals surface area contributed by atoms with Gasteiger partial charge in [0.2, 0.25) is 0 Å². The van der Waals surface area contributed by atoms with Crippen molar-refractivity contribution < 1.29 is 0 Å². The third-order valence-electron chi connectivity index (χ3n) is 4.00. The molecule has 1 saturated carbocycles. The molecule has 2 aliphatic rings. The average molecular weight is 179 g/mol. The summed E-state index contributed by atoms with van der Waals surface area (Å²) in [6, 6.07) is 0. The van der Waals surface area contributed by atoms with Crippen LogP contribution >= 0.6 is 0 Å². The van der Waals surface area contributed by atoms with E-state index in [9.17, 15) is 0 Å². The van der Waals surface area contributed by atoms with Crippen LogP contribution in [0.2, 0.25) is 0 Å². The molecule has 4 atom stereocenters. The van der Waals surface area contributed by atoms with E-state index in [-0.39, 0.29) is 0 Å². The molecular weight excluding hydrogens is 158 g/mol. The lowest BCUT2D eigenvalue weighted by Gasteiger charge is -2.13. The quantitative estimate of drug-likeness (QED) is 0.642. The molecule has 0 radical (unpaired) electrons. The predicted molar refractivity (Wildman–Crippen MR) is 56.6 cm³/mol. The van der Waals surface area contributed by atoms with E-state index >= 15 is 0 Å². The molecule has 0 spiro atoms. The third kappa shape index (κ3) is 1.67. The molecule has 0 saturated heterocycles. The highest BCUT2D eigenvalue weighted by Gasteiger charge is 2.45. The van der Waals surface area contributed by atoms with E-state index < -0.39 is 0 Å². The van der Waals surface area contributed by atoms with Gasteiger partial charge in [0.25, 0.3) is 0 Å². The SMILES string of the molecule is CC[C@H](C)C1=CC2C(CNC1)[C@H]2C. The fourth-order valence-electron chi connectivity index (χ4n) is 2.47. The van der Waals surface area contributed by atoms with Crippen LogP contribution in [0.1, 0.15) is 27.2 Å². The highest BCUT2D eigenvalue weighted by atomic mass is 14.9. The van der Waals surface area contributed by atoms with Gasteiger partial charge in [0, 0.05) is 6.54 Å². The summed E-state index contributed by atoms with van der Waals surface area (Å²) in [5.74, 6) is 3.56. The molecule has 1 heterocycles. The predicted octanol–water partition coefficient (Wildman–Crippen LogP) is 2.44. The van der Waals surface area contributed by atoms with Gasteiger partial charge in [-0.1, -0.05) is 32.4 Å². The largest absolute Gasteiger partial charge is 0.313 e. The van der Waals surface area contributed by atoms with E-state index in [2.05, 4.69) is 32.2 Å². The van der Waals surface area contributed by atoms with E-state index in [0.29, 0.717) is 0 Å². The first-order valence-electron chi connectivity index (χ1n) is 5.65. The Labute approximate surface area is 81.6 Å². The number of fused-ring (bicyclic) bond motifs is 1. The van der Waals surface area contributed by atoms with Gasteiger partial charge in [-0.2, -0.15) is 0 Å². The van der Waals surface area contributed by atoms with Crippen molar-refractivity contribution in [1.29, 1.82) is 0 Å². The molecule has 2 unspecified atom stereocenters. The smallest absolute Gasteiger partial charge is 0.0167 e. The summed E-state index contributed by atoms with van der Waals surface area (Å²) in [4.78, 5) is 0. The van der Waals surface area contributed by atoms with E-state index in [0.717, 1.165) is 30.2 Å². The lowest BCUT2D eigenvalue weighted by Crippen LogP contribution is -2.21. The lowest BCUT2D eigenvalue weighted by molar-refractivity contribution is 0.587. The van der Waals surface area contributed by atoms with E-state index in [1.54, 1.807) is 5.57 Å². The minimum atomic E-state index is 0.777. The molecule has 1 nitrogen and oxygen atoms in total. The maximum atomic E-state index is 3.57. The Morgan fingerprint density at radius 2 is 2.38 bits per heavy atom. The molecule has 0 bridgehead atoms. The number of hydrogen-bond donors (Lipinski definition) is 1. The number of rotatable bonds is 2. The highest BCUT2D eigenvalue weighted by molar-refractivity contribution is 5.19. The van der Waals surface area contributed by atoms with Gasteiger partial charge in [-0.05, 0) is 36.6 Å². The maximum Gasteiger partial charge on any atom is 0.0167 e. The van der Waals surface area contributed by atoms with Gasteiger partial charge < -0.3 is 5.32 Å². The molecule has 13 heavy (non-hydrogen) atoms. The van der Waals surface area contributed by atoms with Gasteiger partial charge in [-0.3, -0.25) is 0 Å². The molecule has 0 amide bonds. The van der Waals surface area contributed by atoms with Crippen LogP contribution in [-0.4, -0.2) is 13.1 Å². The number of hydrogen-bond acceptors (Lipinski definition) is 1. The van der Waals surface area contributed by atoms with Crippen LogP contribution < -0.4 is 5.32 Å². The number of allylic oxidation sites excluding steroid dienone is 1. The van der Waals surface area contributed by atoms with Crippen molar-refractivity contribution >= 4 is 0 Å². The van der Waals surface area contributed by atoms with E-state index in [1.807, 2.05) is 0 Å². The van der Waals surface area contributed by atoms with Gasteiger partial charge in [0.05, 0.1) is 0 Å². The van der Waals surface area contributed by atoms with Crippen molar-refractivity contribution in [2.75, 3.05) is 13.1 Å². The Bertz CT molecular complexity index is 219. The molecule has 0 aromatic heterocycles. The molecule has 2 rings (SSSR count). The number of nitrogens with one attached hydrogen (secondary N) is 1. The van der Waals surface area contributed by atoms with Crippen LogP contribution in [0.5, 0.6) is 0 Å². The first-order chi connectivity index (χ1) is 6.24. The standard InChI is InChI=1S/C12H21N/c1-4-8(2)10-5-11-9(3)12(11)7-13-6-10/h5,8-9,11-13H,4,6-7H2,1-3H3/t8-,9-,11?,12?/m0/s1. The average Bonchev–Trinajstić information content (AvgIpc) is 2.80. The zero-order chi connectivity index (χ0) is 9.42. The van der Waals surface area contributed by atoms with Gasteiger partial charge in [-0.25, -0.2) is 0 Å². The van der Waals surface area contributed by atoms with Crippen LogP contribution in [0.3, 0.4) is 0 Å². The molecule has 74 valence electrons. The second-order valence-corrected chi connectivity index (χ2v) is 4.78. The Kier molecular flexibility index (Phi) is 2.46. The summed E-state index contributed by atoms with van der Waals surface area (Å²) in [7, 11) is 0. The van der Waals surface area contributed by atoms with Gasteiger partial charge in [0.1, 0.15) is 0 Å². The molecule has 0 aromatic carbocycles. The molecular formula is C12H21N. The first-order valence-corrected chi connectivity index (χ1v) is 5.65. The van der Waals surface area contributed by atoms with Crippen LogP contribution in [0.15, 0.2) is 11.6 Å². The van der Waals surface area contributed by atoms with Crippen molar-refractivity contribution in [1.82, 2.24) is 5.32 Å². The Hall–Kier alpha value is -0.300. The lowest BCUT2D eigenvalue weighted by atomic mass is 9.97. The fraction of sp³-hybridized carbons (Fsp3) is 0.833. The monoisotopic (exact) mass is 179 g/mol. The molecule has 0 aromatic rings. The minimum Gasteiger partial charge on any atom is -0.313 e. The molecule has 1 fully saturated rings. The fourth-order valence-corrected chi connectivity index (χ4v) is 2.47. The van der Waals surface area contributed by atoms with Crippen LogP contribution in [0.4, 0.5) is 0 Å². The van der Waals surface area contributed by atoms with Crippen molar-refractivity contribution in [2.45, 2.75) is 27.2 Å². The molecule has 1 aliphatic carbocycles. The van der Waals surface area contributed by atoms with E-state index in [4.69, 9.17) is 0 Å². The van der Waals surface area contributed by atoms with Crippen molar-refractivity contribution in [3.63, 3.8) is 0 Å². The van der Waals surface area contributed by atoms with Gasteiger partial charge in [-0.15, -0.1) is 0 Å². The molecule has 1 heteroatoms. The maximum absolute atomic E-state index is 3.57. The third-order valence-corrected chi connectivity index (χ3v) is 4.00. The summed E-state index contributed by atoms with van der Waals surface area (Å²) in [6.45, 7) is 9.38. The first kappa shape index (κ1) is 9.26. The van der Waals surface area contributed by atoms with Gasteiger partial charge >= 0.3 is 0 Å². The topological polar surface area (TPSA) is 12.0 Å². The van der Waals surface area contributed by atoms with Gasteiger partial charge in [0.15, 0.2) is 0 Å². The molecule has 1 N–H and O–H groups in total. The van der Waals surface area contributed by atoms with Crippen molar-refractivity contribution in [3.8, 4) is 0 Å². The Morgan fingerprint density at radius 1 is 1.62 bits per heavy atom. The van der Waals surface area contributed by atoms with Crippen molar-refractivity contribution in [2.24, 2.45) is 23.7 Å². The Morgan fingerprint density at radius 3 is 3.08 bits per heavy atom. The van der Waals surface area contributed by atoms with Crippen LogP contribution in [0, 0.1) is 23.7 Å². The minimum absolute atomic E-state index is 0.777. The molecule has 1 aliphatic heterocycles. The zero-order valence-corrected chi connectivity index (χ0v) is 9.01. The van der Waals surface area contributed by atoms with E-state index in [1.165, 1.54) is 13.0 Å². The highest BCUT2D eigenvalue weighted by Crippen LogP contribution is 2.48. The second-order valence-electron chi connectivity index (χ2n) is 4.78. The van der Waals surface area contributed by atoms with Crippen molar-refractivity contribution in [3.05, 3.63) is 11.6 Å². The van der Waals surface area contributed by atoms with Crippen LogP contribution in [0.25, 0.3) is 0 Å². The Balaban J connectivity index is 2.06. The summed E-state index contributed by atoms with van der Waals surface area (Å²) >= 11 is 0. The second kappa shape index (κ2) is 3.45.